The van der Waals surface area contributed by atoms with Crippen LogP contribution in [0.25, 0.3) is 5.57 Å². The van der Waals surface area contributed by atoms with Gasteiger partial charge in [-0.15, -0.1) is 0 Å². The third-order valence-corrected chi connectivity index (χ3v) is 5.90. The maximum Gasteiger partial charge on any atom is 0.188 e. The van der Waals surface area contributed by atoms with Gasteiger partial charge in [-0.3, -0.25) is 0 Å². The van der Waals surface area contributed by atoms with E-state index in [1.54, 1.807) is 21.3 Å². The fraction of sp³-hybridized carbons (Fsp3) is 0.500. The van der Waals surface area contributed by atoms with Crippen molar-refractivity contribution in [3.8, 4) is 0 Å². The zero-order chi connectivity index (χ0) is 19.7. The minimum Gasteiger partial charge on any atom is -0.469 e. The molecule has 1 aromatic rings. The quantitative estimate of drug-likeness (QED) is 0.244. The first kappa shape index (κ1) is 22.6. The Labute approximate surface area is 177 Å². The molecule has 0 saturated heterocycles. The number of hydrogen-bond acceptors (Lipinski definition) is 5. The monoisotopic (exact) mass is 504 g/mol. The Kier molecular flexibility index (Phi) is 9.48. The van der Waals surface area contributed by atoms with Crippen molar-refractivity contribution in [2.75, 3.05) is 41.5 Å². The van der Waals surface area contributed by atoms with Crippen molar-refractivity contribution >= 4 is 37.4 Å². The Morgan fingerprint density at radius 3 is 2.30 bits per heavy atom. The highest BCUT2D eigenvalue weighted by molar-refractivity contribution is 9.25. The number of benzene rings is 1. The molecule has 1 aromatic carbocycles. The molecule has 0 amide bonds. The normalized spacial score (nSPS) is 19.1. The lowest BCUT2D eigenvalue weighted by Crippen LogP contribution is -2.32. The largest absolute Gasteiger partial charge is 0.469 e. The van der Waals surface area contributed by atoms with Gasteiger partial charge in [-0.05, 0) is 35.6 Å². The summed E-state index contributed by atoms with van der Waals surface area (Å²) in [7, 11) is 4.91. The van der Waals surface area contributed by atoms with Gasteiger partial charge in [0.25, 0.3) is 0 Å². The molecule has 1 aliphatic carbocycles. The van der Waals surface area contributed by atoms with Crippen LogP contribution in [0.5, 0.6) is 0 Å². The molecule has 0 saturated carbocycles. The Balaban J connectivity index is 2.51. The van der Waals surface area contributed by atoms with Crippen molar-refractivity contribution in [2.45, 2.75) is 22.2 Å². The van der Waals surface area contributed by atoms with Crippen molar-refractivity contribution < 1.29 is 23.7 Å². The lowest BCUT2D eigenvalue weighted by molar-refractivity contribution is -0.0424. The Morgan fingerprint density at radius 2 is 1.67 bits per heavy atom. The minimum absolute atomic E-state index is 0.147. The lowest BCUT2D eigenvalue weighted by atomic mass is 9.86. The van der Waals surface area contributed by atoms with E-state index < -0.39 is 3.23 Å². The van der Waals surface area contributed by atoms with E-state index in [9.17, 15) is 0 Å². The van der Waals surface area contributed by atoms with Crippen LogP contribution in [0.2, 0.25) is 0 Å². The molecule has 1 atom stereocenters. The van der Waals surface area contributed by atoms with Gasteiger partial charge in [0.1, 0.15) is 18.7 Å². The molecule has 0 bridgehead atoms. The van der Waals surface area contributed by atoms with E-state index in [-0.39, 0.29) is 19.7 Å². The average molecular weight is 506 g/mol. The molecule has 7 heteroatoms. The summed E-state index contributed by atoms with van der Waals surface area (Å²) in [6.07, 6.45) is 3.31. The number of rotatable bonds is 11. The zero-order valence-corrected chi connectivity index (χ0v) is 19.0. The van der Waals surface area contributed by atoms with Gasteiger partial charge in [0.05, 0.1) is 0 Å². The van der Waals surface area contributed by atoms with E-state index >= 15 is 0 Å². The van der Waals surface area contributed by atoms with Gasteiger partial charge < -0.3 is 23.7 Å². The van der Waals surface area contributed by atoms with Crippen molar-refractivity contribution in [3.63, 3.8) is 0 Å². The van der Waals surface area contributed by atoms with Gasteiger partial charge >= 0.3 is 0 Å². The molecule has 0 radical (unpaired) electrons. The third kappa shape index (κ3) is 5.89. The standard InChI is InChI=1S/C20H26Br2O5/c1-23-11-7-10-16-19(15-8-5-4-6-9-15)17(26-13-24-2)12-18(20(16,21)22)27-14-25-3/h4-6,8-9,12,17H,7,10-11,13-14H2,1-3H3. The molecule has 0 heterocycles. The molecule has 27 heavy (non-hydrogen) atoms. The van der Waals surface area contributed by atoms with Gasteiger partial charge in [0, 0.05) is 27.9 Å². The SMILES string of the molecule is COCCCC1=C(c2ccccc2)C(OCOC)C=C(OCOC)C1(Br)Br. The van der Waals surface area contributed by atoms with E-state index in [2.05, 4.69) is 44.0 Å². The summed E-state index contributed by atoms with van der Waals surface area (Å²) >= 11 is 7.65. The van der Waals surface area contributed by atoms with Crippen LogP contribution < -0.4 is 0 Å². The molecule has 2 rings (SSSR count). The van der Waals surface area contributed by atoms with Crippen LogP contribution >= 0.6 is 31.9 Å². The summed E-state index contributed by atoms with van der Waals surface area (Å²) < 4.78 is 26.7. The van der Waals surface area contributed by atoms with E-state index in [0.717, 1.165) is 29.6 Å². The van der Waals surface area contributed by atoms with Crippen molar-refractivity contribution in [1.29, 1.82) is 0 Å². The smallest absolute Gasteiger partial charge is 0.188 e. The molecule has 1 unspecified atom stereocenters. The maximum absolute atomic E-state index is 5.99. The van der Waals surface area contributed by atoms with Crippen LogP contribution in [0, 0.1) is 0 Å². The summed E-state index contributed by atoms with van der Waals surface area (Å²) in [5.41, 5.74) is 3.30. The number of hydrogen-bond donors (Lipinski definition) is 0. The van der Waals surface area contributed by atoms with Gasteiger partial charge in [0.15, 0.2) is 10.0 Å². The number of halogens is 2. The van der Waals surface area contributed by atoms with Gasteiger partial charge in [-0.1, -0.05) is 62.2 Å². The Morgan fingerprint density at radius 1 is 0.963 bits per heavy atom. The van der Waals surface area contributed by atoms with E-state index in [1.165, 1.54) is 0 Å². The number of alkyl halides is 2. The molecule has 0 fully saturated rings. The molecule has 0 aromatic heterocycles. The number of ether oxygens (including phenoxy) is 5. The minimum atomic E-state index is -0.648. The van der Waals surface area contributed by atoms with E-state index in [0.29, 0.717) is 12.4 Å². The lowest BCUT2D eigenvalue weighted by Gasteiger charge is -2.36. The van der Waals surface area contributed by atoms with E-state index in [1.807, 2.05) is 24.3 Å². The molecular formula is C20H26Br2O5. The first-order valence-electron chi connectivity index (χ1n) is 8.66. The molecular weight excluding hydrogens is 480 g/mol. The Bertz CT molecular complexity index is 643. The van der Waals surface area contributed by atoms with Crippen LogP contribution in [-0.4, -0.2) is 50.9 Å². The second-order valence-electron chi connectivity index (χ2n) is 6.00. The fourth-order valence-electron chi connectivity index (χ4n) is 2.99. The first-order chi connectivity index (χ1) is 13.1. The number of methoxy groups -OCH3 is 3. The molecule has 0 N–H and O–H groups in total. The van der Waals surface area contributed by atoms with Gasteiger partial charge in [-0.25, -0.2) is 0 Å². The second-order valence-corrected chi connectivity index (χ2v) is 9.45. The van der Waals surface area contributed by atoms with Crippen LogP contribution in [0.4, 0.5) is 0 Å². The molecule has 0 spiro atoms. The van der Waals surface area contributed by atoms with Crippen molar-refractivity contribution in [3.05, 3.63) is 53.3 Å². The third-order valence-electron chi connectivity index (χ3n) is 4.16. The van der Waals surface area contributed by atoms with Crippen LogP contribution in [0.15, 0.2) is 47.7 Å². The Hall–Kier alpha value is -0.700. The van der Waals surface area contributed by atoms with Gasteiger partial charge in [-0.2, -0.15) is 0 Å². The highest BCUT2D eigenvalue weighted by Gasteiger charge is 2.42. The van der Waals surface area contributed by atoms with Gasteiger partial charge in [0.2, 0.25) is 0 Å². The summed E-state index contributed by atoms with van der Waals surface area (Å²) in [4.78, 5) is 0. The second kappa shape index (κ2) is 11.3. The van der Waals surface area contributed by atoms with Crippen LogP contribution in [-0.2, 0) is 23.7 Å². The molecule has 1 aliphatic rings. The maximum atomic E-state index is 5.99. The van der Waals surface area contributed by atoms with E-state index in [4.69, 9.17) is 23.7 Å². The average Bonchev–Trinajstić information content (AvgIpc) is 2.67. The highest BCUT2D eigenvalue weighted by Crippen LogP contribution is 2.51. The molecule has 150 valence electrons. The summed E-state index contributed by atoms with van der Waals surface area (Å²) in [5, 5.41) is 0. The topological polar surface area (TPSA) is 46.2 Å². The number of allylic oxidation sites excluding steroid dienone is 1. The summed E-state index contributed by atoms with van der Waals surface area (Å²) in [6.45, 7) is 0.995. The summed E-state index contributed by atoms with van der Waals surface area (Å²) in [5.74, 6) is 0.692. The molecule has 5 nitrogen and oxygen atoms in total. The molecule has 0 aliphatic heterocycles. The predicted octanol–water partition coefficient (Wildman–Crippen LogP) is 4.86. The van der Waals surface area contributed by atoms with Crippen molar-refractivity contribution in [1.82, 2.24) is 0 Å². The summed E-state index contributed by atoms with van der Waals surface area (Å²) in [6, 6.07) is 10.2. The zero-order valence-electron chi connectivity index (χ0n) is 15.9. The van der Waals surface area contributed by atoms with Crippen LogP contribution in [0.1, 0.15) is 18.4 Å². The predicted molar refractivity (Wildman–Crippen MR) is 113 cm³/mol. The van der Waals surface area contributed by atoms with Crippen LogP contribution in [0.3, 0.4) is 0 Å². The first-order valence-corrected chi connectivity index (χ1v) is 10.2. The fourth-order valence-corrected chi connectivity index (χ4v) is 4.31. The highest BCUT2D eigenvalue weighted by atomic mass is 79.9. The van der Waals surface area contributed by atoms with Crippen molar-refractivity contribution in [2.24, 2.45) is 0 Å².